The number of nitrogens with zero attached hydrogens (tertiary/aromatic N) is 3. The van der Waals surface area contributed by atoms with E-state index in [-0.39, 0.29) is 58.0 Å². The Labute approximate surface area is 290 Å². The molecule has 0 bridgehead atoms. The Hall–Kier alpha value is -3.60. The summed E-state index contributed by atoms with van der Waals surface area (Å²) in [6, 6.07) is 4.07. The molecule has 1 saturated heterocycles. The molecule has 268 valence electrons. The first kappa shape index (κ1) is 38.2. The number of benzene rings is 2. The lowest BCUT2D eigenvalue weighted by molar-refractivity contribution is -0.138. The molecular formula is C31H36Cl2F3N5O7S. The highest BCUT2D eigenvalue weighted by Gasteiger charge is 2.38. The van der Waals surface area contributed by atoms with Crippen molar-refractivity contribution in [2.45, 2.75) is 69.9 Å². The largest absolute Gasteiger partial charge is 0.444 e. The molecule has 0 aliphatic carbocycles. The number of likely N-dealkylation sites (tertiary alicyclic amines) is 1. The van der Waals surface area contributed by atoms with E-state index in [1.807, 2.05) is 0 Å². The summed E-state index contributed by atoms with van der Waals surface area (Å²) in [4.78, 5) is 56.7. The lowest BCUT2D eigenvalue weighted by atomic mass is 10.0. The molecule has 0 saturated carbocycles. The number of carbonyl (C=O) groups excluding carboxylic acids is 2. The second kappa shape index (κ2) is 14.3. The molecular weight excluding hydrogens is 714 g/mol. The van der Waals surface area contributed by atoms with Crippen LogP contribution >= 0.6 is 23.2 Å². The van der Waals surface area contributed by atoms with Crippen LogP contribution in [0.15, 0.2) is 38.8 Å². The standard InChI is InChI=1S/C31H36Cl2F3N5O7S/c1-6-49(46,47)23-8-7-18(32)11-17(23)14-41-27(43)20-12-22(31(34,35)36)21(25(33)26(20)38-28(41)44)16-40-10-9-19(15-40)39(5)24(42)13-37-29(45)48-30(2,3)4/h7-8,11-12,19H,6,9-10,13-16H2,1-5H3,(H,37,45)(H,38,44)/t19-/m1/s1. The third-order valence-electron chi connectivity index (χ3n) is 8.04. The predicted molar refractivity (Wildman–Crippen MR) is 178 cm³/mol. The molecule has 0 radical (unpaired) electrons. The maximum absolute atomic E-state index is 14.5. The van der Waals surface area contributed by atoms with Crippen molar-refractivity contribution in [3.8, 4) is 0 Å². The fraction of sp³-hybridized carbons (Fsp3) is 0.484. The second-order valence-electron chi connectivity index (χ2n) is 12.7. The van der Waals surface area contributed by atoms with E-state index in [0.717, 1.165) is 0 Å². The smallest absolute Gasteiger partial charge is 0.416 e. The van der Waals surface area contributed by atoms with Crippen LogP contribution in [0.3, 0.4) is 0 Å². The molecule has 0 unspecified atom stereocenters. The van der Waals surface area contributed by atoms with E-state index in [1.54, 1.807) is 25.7 Å². The van der Waals surface area contributed by atoms with Gasteiger partial charge in [-0.15, -0.1) is 0 Å². The van der Waals surface area contributed by atoms with Crippen LogP contribution in [0.25, 0.3) is 10.9 Å². The number of hydrogen-bond acceptors (Lipinski definition) is 8. The lowest BCUT2D eigenvalue weighted by Crippen LogP contribution is -2.45. The number of sulfone groups is 1. The van der Waals surface area contributed by atoms with Crippen molar-refractivity contribution in [2.24, 2.45) is 0 Å². The normalized spacial score (nSPS) is 15.8. The van der Waals surface area contributed by atoms with Gasteiger partial charge in [0.05, 0.1) is 38.7 Å². The SMILES string of the molecule is CCS(=O)(=O)c1ccc(Cl)cc1Cn1c(=O)[nH]c2c(Cl)c(CN3CC[C@@H](N(C)C(=O)CNC(=O)OC(C)(C)C)C3)c(C(F)(F)F)cc2c1=O. The second-order valence-corrected chi connectivity index (χ2v) is 15.7. The Morgan fingerprint density at radius 3 is 2.41 bits per heavy atom. The maximum Gasteiger partial charge on any atom is 0.416 e. The summed E-state index contributed by atoms with van der Waals surface area (Å²) in [5.41, 5.74) is -4.75. The van der Waals surface area contributed by atoms with Crippen LogP contribution < -0.4 is 16.6 Å². The molecule has 2 amide bonds. The monoisotopic (exact) mass is 749 g/mol. The molecule has 18 heteroatoms. The van der Waals surface area contributed by atoms with Gasteiger partial charge in [-0.05, 0) is 62.6 Å². The van der Waals surface area contributed by atoms with E-state index in [1.165, 1.54) is 37.1 Å². The van der Waals surface area contributed by atoms with Gasteiger partial charge in [0, 0.05) is 37.7 Å². The number of ether oxygens (including phenoxy) is 1. The number of nitrogens with one attached hydrogen (secondary N) is 2. The highest BCUT2D eigenvalue weighted by Crippen LogP contribution is 2.39. The molecule has 1 atom stereocenters. The molecule has 1 aliphatic heterocycles. The fourth-order valence-electron chi connectivity index (χ4n) is 5.53. The van der Waals surface area contributed by atoms with E-state index < -0.39 is 67.4 Å². The van der Waals surface area contributed by atoms with Crippen LogP contribution in [-0.2, 0) is 38.6 Å². The lowest BCUT2D eigenvalue weighted by Gasteiger charge is -2.26. The highest BCUT2D eigenvalue weighted by atomic mass is 35.5. The molecule has 3 aromatic rings. The summed E-state index contributed by atoms with van der Waals surface area (Å²) < 4.78 is 74.5. The molecule has 0 spiro atoms. The van der Waals surface area contributed by atoms with Crippen molar-refractivity contribution in [2.75, 3.05) is 32.4 Å². The van der Waals surface area contributed by atoms with E-state index in [0.29, 0.717) is 23.6 Å². The third kappa shape index (κ3) is 8.77. The predicted octanol–water partition coefficient (Wildman–Crippen LogP) is 4.41. The van der Waals surface area contributed by atoms with Gasteiger partial charge in [-0.1, -0.05) is 30.1 Å². The number of aromatic nitrogens is 2. The van der Waals surface area contributed by atoms with Crippen LogP contribution in [0.5, 0.6) is 0 Å². The molecule has 12 nitrogen and oxygen atoms in total. The zero-order valence-corrected chi connectivity index (χ0v) is 29.7. The zero-order chi connectivity index (χ0) is 36.6. The fourth-order valence-corrected chi connectivity index (χ4v) is 7.15. The number of rotatable bonds is 9. The number of H-pyrrole nitrogens is 1. The molecule has 49 heavy (non-hydrogen) atoms. The number of alkyl carbamates (subject to hydrolysis) is 1. The Balaban J connectivity index is 1.63. The number of carbonyl (C=O) groups is 2. The van der Waals surface area contributed by atoms with Crippen molar-refractivity contribution >= 4 is 55.9 Å². The number of fused-ring (bicyclic) bond motifs is 1. The summed E-state index contributed by atoms with van der Waals surface area (Å²) in [6.07, 6.45) is -5.30. The van der Waals surface area contributed by atoms with Crippen LogP contribution in [0.4, 0.5) is 18.0 Å². The van der Waals surface area contributed by atoms with Gasteiger partial charge in [-0.25, -0.2) is 18.0 Å². The summed E-state index contributed by atoms with van der Waals surface area (Å²) in [5, 5.41) is 1.51. The van der Waals surface area contributed by atoms with E-state index in [9.17, 15) is 40.8 Å². The number of aromatic amines is 1. The van der Waals surface area contributed by atoms with Crippen molar-refractivity contribution in [3.63, 3.8) is 0 Å². The minimum atomic E-state index is -4.95. The Kier molecular flexibility index (Phi) is 11.2. The van der Waals surface area contributed by atoms with Crippen molar-refractivity contribution < 1.29 is 35.9 Å². The van der Waals surface area contributed by atoms with Crippen LogP contribution in [0.1, 0.15) is 50.8 Å². The van der Waals surface area contributed by atoms with Crippen molar-refractivity contribution in [3.05, 3.63) is 71.8 Å². The highest BCUT2D eigenvalue weighted by molar-refractivity contribution is 7.91. The molecule has 4 rings (SSSR count). The molecule has 2 heterocycles. The molecule has 1 fully saturated rings. The number of alkyl halides is 3. The first-order valence-electron chi connectivity index (χ1n) is 15.1. The maximum atomic E-state index is 14.5. The van der Waals surface area contributed by atoms with E-state index >= 15 is 0 Å². The quantitative estimate of drug-likeness (QED) is 0.327. The van der Waals surface area contributed by atoms with Gasteiger partial charge in [0.2, 0.25) is 5.91 Å². The summed E-state index contributed by atoms with van der Waals surface area (Å²) in [5.74, 6) is -0.711. The number of likely N-dealkylation sites (N-methyl/N-ethyl adjacent to an activating group) is 1. The number of hydrogen-bond donors (Lipinski definition) is 2. The van der Waals surface area contributed by atoms with Gasteiger partial charge in [0.15, 0.2) is 9.84 Å². The van der Waals surface area contributed by atoms with Gasteiger partial charge in [0.1, 0.15) is 12.1 Å². The van der Waals surface area contributed by atoms with Crippen LogP contribution in [0.2, 0.25) is 10.0 Å². The average Bonchev–Trinajstić information content (AvgIpc) is 3.46. The molecule has 2 N–H and O–H groups in total. The minimum Gasteiger partial charge on any atom is -0.444 e. The summed E-state index contributed by atoms with van der Waals surface area (Å²) in [6.45, 7) is 5.68. The first-order valence-corrected chi connectivity index (χ1v) is 17.5. The molecule has 1 aliphatic rings. The average molecular weight is 751 g/mol. The van der Waals surface area contributed by atoms with Crippen molar-refractivity contribution in [1.29, 1.82) is 0 Å². The van der Waals surface area contributed by atoms with Gasteiger partial charge < -0.3 is 19.9 Å². The van der Waals surface area contributed by atoms with E-state index in [4.69, 9.17) is 27.9 Å². The van der Waals surface area contributed by atoms with Crippen LogP contribution in [-0.4, -0.2) is 83.8 Å². The van der Waals surface area contributed by atoms with Gasteiger partial charge in [-0.2, -0.15) is 13.2 Å². The third-order valence-corrected chi connectivity index (χ3v) is 10.5. The Morgan fingerprint density at radius 1 is 1.12 bits per heavy atom. The molecule has 2 aromatic carbocycles. The van der Waals surface area contributed by atoms with E-state index in [2.05, 4.69) is 10.3 Å². The van der Waals surface area contributed by atoms with Crippen LogP contribution in [0, 0.1) is 0 Å². The molecule has 1 aromatic heterocycles. The minimum absolute atomic E-state index is 0.00715. The van der Waals surface area contributed by atoms with Gasteiger partial charge in [-0.3, -0.25) is 19.1 Å². The summed E-state index contributed by atoms with van der Waals surface area (Å²) >= 11 is 12.6. The zero-order valence-electron chi connectivity index (χ0n) is 27.3. The Morgan fingerprint density at radius 2 is 1.80 bits per heavy atom. The topological polar surface area (TPSA) is 151 Å². The summed E-state index contributed by atoms with van der Waals surface area (Å²) in [7, 11) is -2.29. The van der Waals surface area contributed by atoms with Crippen molar-refractivity contribution in [1.82, 2.24) is 24.7 Å². The van der Waals surface area contributed by atoms with Gasteiger partial charge in [0.25, 0.3) is 5.56 Å². The Bertz CT molecular complexity index is 2010. The van der Waals surface area contributed by atoms with Gasteiger partial charge >= 0.3 is 18.0 Å². The number of amides is 2. The number of halogens is 5. The first-order chi connectivity index (χ1) is 22.6.